The van der Waals surface area contributed by atoms with Crippen molar-refractivity contribution in [3.63, 3.8) is 0 Å². The highest BCUT2D eigenvalue weighted by atomic mass is 35.5. The van der Waals surface area contributed by atoms with Gasteiger partial charge < -0.3 is 4.90 Å². The number of rotatable bonds is 7. The van der Waals surface area contributed by atoms with Gasteiger partial charge in [0.2, 0.25) is 0 Å². The highest BCUT2D eigenvalue weighted by Crippen LogP contribution is 2.45. The molecule has 2 aromatic carbocycles. The molecule has 0 aliphatic carbocycles. The molecule has 0 aliphatic rings. The fourth-order valence-electron chi connectivity index (χ4n) is 2.63. The lowest BCUT2D eigenvalue weighted by Gasteiger charge is -2.23. The molecule has 0 fully saturated rings. The van der Waals surface area contributed by atoms with Gasteiger partial charge in [0.15, 0.2) is 0 Å². The molecule has 0 saturated carbocycles. The minimum absolute atomic E-state index is 0.435. The topological polar surface area (TPSA) is 29.0 Å². The molecule has 0 amide bonds. The van der Waals surface area contributed by atoms with E-state index < -0.39 is 0 Å². The molecule has 0 saturated heterocycles. The van der Waals surface area contributed by atoms with Crippen LogP contribution in [0.3, 0.4) is 0 Å². The molecule has 0 atom stereocenters. The van der Waals surface area contributed by atoms with Gasteiger partial charge in [-0.05, 0) is 30.7 Å². The van der Waals surface area contributed by atoms with Gasteiger partial charge in [-0.1, -0.05) is 101 Å². The summed E-state index contributed by atoms with van der Waals surface area (Å²) in [5, 5.41) is 2.67. The van der Waals surface area contributed by atoms with E-state index in [1.165, 1.54) is 11.8 Å². The zero-order valence-corrected chi connectivity index (χ0v) is 24.8. The van der Waals surface area contributed by atoms with E-state index in [0.717, 1.165) is 35.9 Å². The maximum Gasteiger partial charge on any atom is 0.129 e. The summed E-state index contributed by atoms with van der Waals surface area (Å²) < 4.78 is 0. The molecule has 3 rings (SSSR count). The molecule has 3 nitrogen and oxygen atoms in total. The predicted molar refractivity (Wildman–Crippen MR) is 157 cm³/mol. The molecule has 0 radical (unpaired) electrons. The van der Waals surface area contributed by atoms with Crippen LogP contribution in [-0.4, -0.2) is 38.7 Å². The number of aromatic nitrogens is 2. The Morgan fingerprint density at radius 3 is 1.76 bits per heavy atom. The first-order chi connectivity index (χ1) is 16.2. The number of hydrogen-bond acceptors (Lipinski definition) is 5. The minimum Gasteiger partial charge on any atom is -0.360 e. The lowest BCUT2D eigenvalue weighted by atomic mass is 10.3. The number of thiol groups is 1. The minimum atomic E-state index is 0.435. The van der Waals surface area contributed by atoms with Gasteiger partial charge in [0, 0.05) is 51.1 Å². The Bertz CT molecular complexity index is 1010. The lowest BCUT2D eigenvalue weighted by Crippen LogP contribution is -2.33. The van der Waals surface area contributed by atoms with Gasteiger partial charge in [-0.15, -0.1) is 0 Å². The Hall–Kier alpha value is -0.150. The van der Waals surface area contributed by atoms with Crippen molar-refractivity contribution in [3.8, 4) is 0 Å². The van der Waals surface area contributed by atoms with Crippen LogP contribution in [0.25, 0.3) is 0 Å². The highest BCUT2D eigenvalue weighted by Gasteiger charge is 2.15. The van der Waals surface area contributed by atoms with Gasteiger partial charge in [0.1, 0.15) is 10.7 Å². The van der Waals surface area contributed by atoms with E-state index in [0.29, 0.717) is 39.9 Å². The second-order valence-electron chi connectivity index (χ2n) is 6.61. The maximum atomic E-state index is 6.12. The number of benzene rings is 2. The van der Waals surface area contributed by atoms with Crippen LogP contribution in [0.4, 0.5) is 0 Å². The molecule has 1 heterocycles. The fraction of sp³-hybridized carbons (Fsp3) is 0.227. The Labute approximate surface area is 244 Å². The third kappa shape index (κ3) is 9.06. The van der Waals surface area contributed by atoms with Crippen molar-refractivity contribution in [1.29, 1.82) is 0 Å². The third-order valence-electron chi connectivity index (χ3n) is 4.06. The summed E-state index contributed by atoms with van der Waals surface area (Å²) in [4.78, 5) is 12.4. The third-order valence-corrected chi connectivity index (χ3v) is 8.10. The quantitative estimate of drug-likeness (QED) is 0.207. The van der Waals surface area contributed by atoms with E-state index in [9.17, 15) is 0 Å². The molecule has 1 aromatic heterocycles. The Morgan fingerprint density at radius 2 is 1.38 bits per heavy atom. The van der Waals surface area contributed by atoms with E-state index in [4.69, 9.17) is 81.8 Å². The Morgan fingerprint density at radius 1 is 0.882 bits per heavy atom. The molecule has 0 unspecified atom stereocenters. The van der Waals surface area contributed by atoms with Crippen molar-refractivity contribution in [3.05, 3.63) is 78.7 Å². The summed E-state index contributed by atoms with van der Waals surface area (Å²) >= 11 is 47.0. The van der Waals surface area contributed by atoms with Crippen LogP contribution in [0.2, 0.25) is 30.1 Å². The maximum absolute atomic E-state index is 6.12. The van der Waals surface area contributed by atoms with Gasteiger partial charge in [-0.3, -0.25) is 9.97 Å². The van der Waals surface area contributed by atoms with Gasteiger partial charge >= 0.3 is 0 Å². The molecule has 0 N–H and O–H groups in total. The van der Waals surface area contributed by atoms with Crippen LogP contribution in [0.15, 0.2) is 52.6 Å². The monoisotopic (exact) mass is 631 g/mol. The molecule has 12 heteroatoms. The second-order valence-corrected chi connectivity index (χ2v) is 11.0. The molecule has 34 heavy (non-hydrogen) atoms. The van der Waals surface area contributed by atoms with Gasteiger partial charge in [0.25, 0.3) is 0 Å². The molecular formula is C22H19Cl6N3S3. The number of hydrogen-bond donors (Lipinski definition) is 1. The first-order valence-electron chi connectivity index (χ1n) is 9.81. The summed E-state index contributed by atoms with van der Waals surface area (Å²) in [6.07, 6.45) is 6.07. The predicted octanol–water partition coefficient (Wildman–Crippen LogP) is 9.55. The van der Waals surface area contributed by atoms with Crippen LogP contribution in [0.5, 0.6) is 0 Å². The molecule has 3 aromatic rings. The smallest absolute Gasteiger partial charge is 0.129 e. The summed E-state index contributed by atoms with van der Waals surface area (Å²) in [6.45, 7) is 3.92. The van der Waals surface area contributed by atoms with Crippen molar-refractivity contribution in [2.75, 3.05) is 18.8 Å². The zero-order valence-electron chi connectivity index (χ0n) is 17.7. The first kappa shape index (κ1) is 30.1. The summed E-state index contributed by atoms with van der Waals surface area (Å²) in [6, 6.07) is 6.42. The summed E-state index contributed by atoms with van der Waals surface area (Å²) in [7, 11) is 0. The Kier molecular flexibility index (Phi) is 13.4. The van der Waals surface area contributed by atoms with Crippen molar-refractivity contribution in [2.24, 2.45) is 0 Å². The van der Waals surface area contributed by atoms with Crippen molar-refractivity contribution in [1.82, 2.24) is 14.9 Å². The van der Waals surface area contributed by atoms with Crippen LogP contribution in [-0.2, 0) is 0 Å². The summed E-state index contributed by atoms with van der Waals surface area (Å²) in [5.41, 5.74) is 0.766. The van der Waals surface area contributed by atoms with Gasteiger partial charge in [-0.2, -0.15) is 12.6 Å². The number of thiocarbonyl (C=S) groups is 1. The molecule has 0 bridgehead atoms. The zero-order chi connectivity index (χ0) is 25.3. The summed E-state index contributed by atoms with van der Waals surface area (Å²) in [5.74, 6) is 0.792. The molecule has 182 valence electrons. The van der Waals surface area contributed by atoms with Crippen molar-refractivity contribution >= 4 is 111 Å². The van der Waals surface area contributed by atoms with Crippen LogP contribution >= 0.6 is 106 Å². The van der Waals surface area contributed by atoms with Gasteiger partial charge in [0.05, 0.1) is 26.3 Å². The highest BCUT2D eigenvalue weighted by molar-refractivity contribution is 7.99. The molecule has 0 spiro atoms. The molecule has 0 aliphatic heterocycles. The van der Waals surface area contributed by atoms with Crippen LogP contribution in [0, 0.1) is 0 Å². The second kappa shape index (κ2) is 15.2. The SMILES string of the molecule is CCCN(CCS)C(=S)c1cnccn1.Clc1cc(Cl)c(Sc2c(Cl)cc(Cl)cc2Cl)c(Cl)c1. The number of halogens is 6. The van der Waals surface area contributed by atoms with E-state index in [-0.39, 0.29) is 0 Å². The fourth-order valence-corrected chi connectivity index (χ4v) is 6.09. The average Bonchev–Trinajstić information content (AvgIpc) is 2.78. The average molecular weight is 634 g/mol. The van der Waals surface area contributed by atoms with E-state index >= 15 is 0 Å². The van der Waals surface area contributed by atoms with Crippen LogP contribution in [0.1, 0.15) is 19.0 Å². The van der Waals surface area contributed by atoms with E-state index in [1.807, 2.05) is 0 Å². The standard InChI is InChI=1S/C12H4Cl6S.C10H15N3S2/c13-5-1-7(15)11(8(16)2-5)19-12-9(17)3-6(14)4-10(12)18;1-2-5-13(6-7-14)10(15)9-8-11-3-4-12-9/h1-4H;3-4,8,14H,2,5-7H2,1H3. The van der Waals surface area contributed by atoms with Crippen molar-refractivity contribution < 1.29 is 0 Å². The van der Waals surface area contributed by atoms with E-state index in [2.05, 4.69) is 34.4 Å². The first-order valence-corrected chi connectivity index (χ1v) is 13.9. The number of nitrogens with zero attached hydrogens (tertiary/aromatic N) is 3. The largest absolute Gasteiger partial charge is 0.360 e. The molecular weight excluding hydrogens is 615 g/mol. The van der Waals surface area contributed by atoms with Crippen LogP contribution < -0.4 is 0 Å². The normalized spacial score (nSPS) is 10.5. The van der Waals surface area contributed by atoms with Crippen molar-refractivity contribution in [2.45, 2.75) is 23.1 Å². The van der Waals surface area contributed by atoms with E-state index in [1.54, 1.807) is 42.9 Å². The van der Waals surface area contributed by atoms with Gasteiger partial charge in [-0.25, -0.2) is 0 Å². The Balaban J connectivity index is 0.000000248. The lowest BCUT2D eigenvalue weighted by molar-refractivity contribution is 0.450.